The summed E-state index contributed by atoms with van der Waals surface area (Å²) in [4.78, 5) is 10.9. The van der Waals surface area contributed by atoms with Crippen LogP contribution in [-0.2, 0) is 6.54 Å². The maximum absolute atomic E-state index is 10.9. The van der Waals surface area contributed by atoms with Crippen LogP contribution in [0.1, 0.15) is 38.7 Å². The van der Waals surface area contributed by atoms with Crippen LogP contribution in [0.4, 0.5) is 4.79 Å². The van der Waals surface area contributed by atoms with Gasteiger partial charge >= 0.3 is 6.09 Å². The second kappa shape index (κ2) is 7.79. The van der Waals surface area contributed by atoms with Crippen molar-refractivity contribution in [1.82, 2.24) is 10.6 Å². The molecule has 1 aromatic carbocycles. The fourth-order valence-corrected chi connectivity index (χ4v) is 2.10. The molecule has 0 spiro atoms. The Labute approximate surface area is 115 Å². The highest BCUT2D eigenvalue weighted by Gasteiger charge is 2.25. The van der Waals surface area contributed by atoms with E-state index in [-0.39, 0.29) is 0 Å². The number of amides is 1. The number of rotatable bonds is 8. The fraction of sp³-hybridized carbons (Fsp3) is 0.533. The number of benzene rings is 1. The molecule has 1 atom stereocenters. The molecule has 4 heteroatoms. The predicted octanol–water partition coefficient (Wildman–Crippen LogP) is 2.99. The lowest BCUT2D eigenvalue weighted by Gasteiger charge is -2.30. The molecular weight excluding hydrogens is 240 g/mol. The van der Waals surface area contributed by atoms with Crippen molar-refractivity contribution in [1.29, 1.82) is 0 Å². The van der Waals surface area contributed by atoms with Gasteiger partial charge in [-0.15, -0.1) is 0 Å². The molecule has 1 amide bonds. The third-order valence-corrected chi connectivity index (χ3v) is 3.18. The Morgan fingerprint density at radius 2 is 2.00 bits per heavy atom. The molecule has 0 aliphatic heterocycles. The number of carboxylic acid groups (broad SMARTS) is 1. The molecule has 1 unspecified atom stereocenters. The molecule has 106 valence electrons. The average molecular weight is 264 g/mol. The van der Waals surface area contributed by atoms with E-state index in [9.17, 15) is 4.79 Å². The van der Waals surface area contributed by atoms with Crippen LogP contribution in [0.5, 0.6) is 0 Å². The van der Waals surface area contributed by atoms with Crippen molar-refractivity contribution in [2.45, 2.75) is 45.2 Å². The second-order valence-corrected chi connectivity index (χ2v) is 5.18. The van der Waals surface area contributed by atoms with Gasteiger partial charge in [0.1, 0.15) is 0 Å². The van der Waals surface area contributed by atoms with Crippen molar-refractivity contribution in [3.63, 3.8) is 0 Å². The summed E-state index contributed by atoms with van der Waals surface area (Å²) in [6.07, 6.45) is 1.97. The molecule has 0 saturated heterocycles. The molecule has 3 N–H and O–H groups in total. The number of hydrogen-bond donors (Lipinski definition) is 3. The zero-order valence-corrected chi connectivity index (χ0v) is 11.8. The maximum Gasteiger partial charge on any atom is 0.405 e. The summed E-state index contributed by atoms with van der Waals surface area (Å²) < 4.78 is 0. The normalized spacial score (nSPS) is 13.8. The molecule has 0 aromatic heterocycles. The molecule has 0 radical (unpaired) electrons. The zero-order valence-electron chi connectivity index (χ0n) is 11.8. The highest BCUT2D eigenvalue weighted by Crippen LogP contribution is 2.13. The molecule has 0 aliphatic carbocycles. The molecule has 1 aromatic rings. The maximum atomic E-state index is 10.9. The minimum absolute atomic E-state index is 0.406. The van der Waals surface area contributed by atoms with E-state index in [2.05, 4.69) is 29.7 Å². The van der Waals surface area contributed by atoms with Crippen molar-refractivity contribution in [3.05, 3.63) is 35.9 Å². The monoisotopic (exact) mass is 264 g/mol. The van der Waals surface area contributed by atoms with Crippen LogP contribution in [0, 0.1) is 0 Å². The van der Waals surface area contributed by atoms with Gasteiger partial charge in [0.2, 0.25) is 0 Å². The van der Waals surface area contributed by atoms with Gasteiger partial charge in [0.05, 0.1) is 5.54 Å². The average Bonchev–Trinajstić information content (AvgIpc) is 2.37. The molecule has 1 rings (SSSR count). The third-order valence-electron chi connectivity index (χ3n) is 3.18. The standard InChI is InChI=1S/C15H24N2O2/c1-3-4-10-15(2,17-14(18)19)12-16-11-13-8-6-5-7-9-13/h5-9,16-17H,3-4,10-12H2,1-2H3,(H,18,19). The van der Waals surface area contributed by atoms with Crippen LogP contribution >= 0.6 is 0 Å². The van der Waals surface area contributed by atoms with E-state index in [1.807, 2.05) is 25.1 Å². The molecular formula is C15H24N2O2. The predicted molar refractivity (Wildman–Crippen MR) is 77.2 cm³/mol. The van der Waals surface area contributed by atoms with Crippen molar-refractivity contribution in [2.24, 2.45) is 0 Å². The fourth-order valence-electron chi connectivity index (χ4n) is 2.10. The summed E-state index contributed by atoms with van der Waals surface area (Å²) in [5.74, 6) is 0. The topological polar surface area (TPSA) is 61.4 Å². The van der Waals surface area contributed by atoms with Gasteiger partial charge in [-0.05, 0) is 18.9 Å². The Morgan fingerprint density at radius 3 is 2.58 bits per heavy atom. The minimum atomic E-state index is -0.958. The van der Waals surface area contributed by atoms with E-state index in [1.54, 1.807) is 0 Å². The summed E-state index contributed by atoms with van der Waals surface area (Å²) in [6, 6.07) is 10.1. The Morgan fingerprint density at radius 1 is 1.32 bits per heavy atom. The Balaban J connectivity index is 2.46. The van der Waals surface area contributed by atoms with Crippen molar-refractivity contribution < 1.29 is 9.90 Å². The summed E-state index contributed by atoms with van der Waals surface area (Å²) >= 11 is 0. The quantitative estimate of drug-likeness (QED) is 0.676. The van der Waals surface area contributed by atoms with Crippen LogP contribution in [0.2, 0.25) is 0 Å². The van der Waals surface area contributed by atoms with Crippen LogP contribution in [0.3, 0.4) is 0 Å². The van der Waals surface area contributed by atoms with Gasteiger partial charge in [0, 0.05) is 13.1 Å². The Hall–Kier alpha value is -1.55. The highest BCUT2D eigenvalue weighted by molar-refractivity contribution is 5.65. The molecule has 0 heterocycles. The molecule has 19 heavy (non-hydrogen) atoms. The number of unbranched alkanes of at least 4 members (excludes halogenated alkanes) is 1. The first kappa shape index (κ1) is 15.5. The summed E-state index contributed by atoms with van der Waals surface area (Å²) in [6.45, 7) is 5.45. The molecule has 0 aliphatic rings. The molecule has 0 bridgehead atoms. The van der Waals surface area contributed by atoms with Gasteiger partial charge in [-0.3, -0.25) is 0 Å². The van der Waals surface area contributed by atoms with Crippen molar-refractivity contribution in [2.75, 3.05) is 6.54 Å². The van der Waals surface area contributed by atoms with E-state index in [4.69, 9.17) is 5.11 Å². The van der Waals surface area contributed by atoms with Gasteiger partial charge in [-0.25, -0.2) is 4.79 Å². The number of hydrogen-bond acceptors (Lipinski definition) is 2. The number of carbonyl (C=O) groups is 1. The van der Waals surface area contributed by atoms with Gasteiger partial charge in [0.15, 0.2) is 0 Å². The molecule has 0 saturated carbocycles. The third kappa shape index (κ3) is 6.25. The largest absolute Gasteiger partial charge is 0.465 e. The summed E-state index contributed by atoms with van der Waals surface area (Å²) in [7, 11) is 0. The Kier molecular flexibility index (Phi) is 6.36. The first-order valence-electron chi connectivity index (χ1n) is 6.81. The van der Waals surface area contributed by atoms with E-state index in [0.717, 1.165) is 25.8 Å². The first-order chi connectivity index (χ1) is 9.06. The smallest absolute Gasteiger partial charge is 0.405 e. The number of nitrogens with one attached hydrogen (secondary N) is 2. The Bertz CT molecular complexity index is 381. The SMILES string of the molecule is CCCCC(C)(CNCc1ccccc1)NC(=O)O. The van der Waals surface area contributed by atoms with E-state index in [1.165, 1.54) is 5.56 Å². The minimum Gasteiger partial charge on any atom is -0.465 e. The van der Waals surface area contributed by atoms with Crippen molar-refractivity contribution in [3.8, 4) is 0 Å². The lowest BCUT2D eigenvalue weighted by Crippen LogP contribution is -2.52. The van der Waals surface area contributed by atoms with Gasteiger partial charge in [-0.2, -0.15) is 0 Å². The summed E-state index contributed by atoms with van der Waals surface area (Å²) in [5, 5.41) is 14.9. The van der Waals surface area contributed by atoms with Crippen molar-refractivity contribution >= 4 is 6.09 Å². The zero-order chi connectivity index (χ0) is 14.1. The van der Waals surface area contributed by atoms with Crippen LogP contribution < -0.4 is 10.6 Å². The van der Waals surface area contributed by atoms with Crippen LogP contribution in [0.25, 0.3) is 0 Å². The van der Waals surface area contributed by atoms with Gasteiger partial charge in [0.25, 0.3) is 0 Å². The van der Waals surface area contributed by atoms with Crippen LogP contribution in [0.15, 0.2) is 30.3 Å². The van der Waals surface area contributed by atoms with Gasteiger partial charge < -0.3 is 15.7 Å². The van der Waals surface area contributed by atoms with E-state index in [0.29, 0.717) is 6.54 Å². The van der Waals surface area contributed by atoms with E-state index < -0.39 is 11.6 Å². The second-order valence-electron chi connectivity index (χ2n) is 5.18. The summed E-state index contributed by atoms with van der Waals surface area (Å²) in [5.41, 5.74) is 0.798. The van der Waals surface area contributed by atoms with Crippen LogP contribution in [-0.4, -0.2) is 23.3 Å². The highest BCUT2D eigenvalue weighted by atomic mass is 16.4. The van der Waals surface area contributed by atoms with E-state index >= 15 is 0 Å². The lowest BCUT2D eigenvalue weighted by molar-refractivity contribution is 0.176. The molecule has 4 nitrogen and oxygen atoms in total. The first-order valence-corrected chi connectivity index (χ1v) is 6.81. The lowest BCUT2D eigenvalue weighted by atomic mass is 9.95. The molecule has 0 fully saturated rings. The van der Waals surface area contributed by atoms with Gasteiger partial charge in [-0.1, -0.05) is 50.1 Å².